The topological polar surface area (TPSA) is 31.4 Å². The molecule has 0 aliphatic carbocycles. The molecule has 2 saturated heterocycles. The van der Waals surface area contributed by atoms with Crippen molar-refractivity contribution in [2.75, 3.05) is 49.1 Å². The first-order valence-electron chi connectivity index (χ1n) is 9.33. The largest absolute Gasteiger partial charge is 0.367 e. The molecular weight excluding hydrogens is 296 g/mol. The van der Waals surface area contributed by atoms with Crippen molar-refractivity contribution in [1.29, 1.82) is 0 Å². The number of rotatable bonds is 2. The number of anilines is 2. The van der Waals surface area contributed by atoms with E-state index in [1.54, 1.807) is 0 Å². The molecule has 4 nitrogen and oxygen atoms in total. The molecule has 2 aliphatic heterocycles. The molecule has 0 bridgehead atoms. The number of fused-ring (bicyclic) bond motifs is 1. The van der Waals surface area contributed by atoms with E-state index in [2.05, 4.69) is 53.4 Å². The number of pyridine rings is 1. The second-order valence-electron chi connectivity index (χ2n) is 7.37. The summed E-state index contributed by atoms with van der Waals surface area (Å²) in [6, 6.07) is 6.69. The Morgan fingerprint density at radius 3 is 2.54 bits per heavy atom. The van der Waals surface area contributed by atoms with Crippen LogP contribution in [0.5, 0.6) is 0 Å². The summed E-state index contributed by atoms with van der Waals surface area (Å²) in [5, 5.41) is 6.15. The van der Waals surface area contributed by atoms with Gasteiger partial charge in [-0.15, -0.1) is 0 Å². The maximum absolute atomic E-state index is 4.96. The van der Waals surface area contributed by atoms with Crippen LogP contribution in [-0.2, 0) is 0 Å². The number of aryl methyl sites for hydroxylation is 1. The predicted molar refractivity (Wildman–Crippen MR) is 102 cm³/mol. The minimum Gasteiger partial charge on any atom is -0.367 e. The minimum absolute atomic E-state index is 0.841. The van der Waals surface area contributed by atoms with Gasteiger partial charge >= 0.3 is 0 Å². The number of aromatic nitrogens is 1. The number of benzene rings is 1. The Morgan fingerprint density at radius 2 is 1.79 bits per heavy atom. The van der Waals surface area contributed by atoms with Gasteiger partial charge in [-0.25, -0.2) is 4.98 Å². The Balaban J connectivity index is 1.78. The lowest BCUT2D eigenvalue weighted by Gasteiger charge is -2.34. The summed E-state index contributed by atoms with van der Waals surface area (Å²) in [7, 11) is 0. The molecule has 0 unspecified atom stereocenters. The maximum atomic E-state index is 4.96. The molecule has 4 rings (SSSR count). The Morgan fingerprint density at radius 1 is 1.04 bits per heavy atom. The zero-order valence-electron chi connectivity index (χ0n) is 14.9. The van der Waals surface area contributed by atoms with Crippen LogP contribution in [0.25, 0.3) is 10.8 Å². The monoisotopic (exact) mass is 324 g/mol. The van der Waals surface area contributed by atoms with Crippen LogP contribution < -0.4 is 15.1 Å². The summed E-state index contributed by atoms with van der Waals surface area (Å²) >= 11 is 0. The van der Waals surface area contributed by atoms with Crippen molar-refractivity contribution in [1.82, 2.24) is 10.3 Å². The lowest BCUT2D eigenvalue weighted by molar-refractivity contribution is 0.437. The van der Waals surface area contributed by atoms with Gasteiger partial charge in [0.2, 0.25) is 0 Å². The standard InChI is InChI=1S/C20H28N4/c1-15-6-10-24(11-7-15)20-19-16(2)4-3-5-17(19)18(14-22-20)23-12-8-21-9-13-23/h3-5,14-15,21H,6-13H2,1-2H3. The van der Waals surface area contributed by atoms with Crippen LogP contribution in [-0.4, -0.2) is 44.3 Å². The molecule has 2 aliphatic rings. The molecule has 4 heteroatoms. The molecule has 0 spiro atoms. The van der Waals surface area contributed by atoms with Crippen molar-refractivity contribution in [3.8, 4) is 0 Å². The van der Waals surface area contributed by atoms with Crippen molar-refractivity contribution in [2.45, 2.75) is 26.7 Å². The number of piperazine rings is 1. The molecule has 1 N–H and O–H groups in total. The average Bonchev–Trinajstić information content (AvgIpc) is 2.63. The number of nitrogens with one attached hydrogen (secondary N) is 1. The molecule has 24 heavy (non-hydrogen) atoms. The van der Waals surface area contributed by atoms with Crippen molar-refractivity contribution >= 4 is 22.3 Å². The molecule has 0 radical (unpaired) electrons. The SMILES string of the molecule is Cc1cccc2c(N3CCNCC3)cnc(N3CCC(C)CC3)c12. The first-order valence-corrected chi connectivity index (χ1v) is 9.33. The highest BCUT2D eigenvalue weighted by Crippen LogP contribution is 2.36. The Hall–Kier alpha value is -1.81. The van der Waals surface area contributed by atoms with Gasteiger partial charge in [-0.3, -0.25) is 0 Å². The fourth-order valence-electron chi connectivity index (χ4n) is 4.05. The maximum Gasteiger partial charge on any atom is 0.136 e. The average molecular weight is 324 g/mol. The van der Waals surface area contributed by atoms with Crippen molar-refractivity contribution in [2.24, 2.45) is 5.92 Å². The highest BCUT2D eigenvalue weighted by atomic mass is 15.2. The van der Waals surface area contributed by atoms with E-state index in [0.29, 0.717) is 0 Å². The van der Waals surface area contributed by atoms with Gasteiger partial charge < -0.3 is 15.1 Å². The zero-order chi connectivity index (χ0) is 16.5. The van der Waals surface area contributed by atoms with Crippen LogP contribution >= 0.6 is 0 Å². The van der Waals surface area contributed by atoms with Gasteiger partial charge in [0, 0.05) is 50.0 Å². The normalized spacial score (nSPS) is 19.9. The number of piperidine rings is 1. The summed E-state index contributed by atoms with van der Waals surface area (Å²) in [4.78, 5) is 9.93. The van der Waals surface area contributed by atoms with Crippen LogP contribution in [0.1, 0.15) is 25.3 Å². The second-order valence-corrected chi connectivity index (χ2v) is 7.37. The summed E-state index contributed by atoms with van der Waals surface area (Å²) in [5.41, 5.74) is 2.63. The van der Waals surface area contributed by atoms with Crippen LogP contribution in [0.15, 0.2) is 24.4 Å². The molecule has 1 aromatic carbocycles. The summed E-state index contributed by atoms with van der Waals surface area (Å²) in [6.07, 6.45) is 4.66. The molecule has 1 aromatic heterocycles. The van der Waals surface area contributed by atoms with Crippen molar-refractivity contribution in [3.05, 3.63) is 30.0 Å². The quantitative estimate of drug-likeness (QED) is 0.919. The third-order valence-corrected chi connectivity index (χ3v) is 5.62. The number of nitrogens with zero attached hydrogens (tertiary/aromatic N) is 3. The molecule has 2 fully saturated rings. The van der Waals surface area contributed by atoms with Gasteiger partial charge in [0.25, 0.3) is 0 Å². The second kappa shape index (κ2) is 6.60. The molecule has 2 aromatic rings. The molecular formula is C20H28N4. The highest BCUT2D eigenvalue weighted by Gasteiger charge is 2.22. The Bertz CT molecular complexity index is 713. The highest BCUT2D eigenvalue weighted by molar-refractivity contribution is 6.02. The van der Waals surface area contributed by atoms with Gasteiger partial charge in [-0.05, 0) is 31.2 Å². The third-order valence-electron chi connectivity index (χ3n) is 5.62. The van der Waals surface area contributed by atoms with E-state index in [1.807, 2.05) is 0 Å². The number of hydrogen-bond donors (Lipinski definition) is 1. The van der Waals surface area contributed by atoms with Gasteiger partial charge in [-0.1, -0.05) is 25.1 Å². The van der Waals surface area contributed by atoms with Gasteiger partial charge in [0.05, 0.1) is 11.9 Å². The summed E-state index contributed by atoms with van der Waals surface area (Å²) in [5.74, 6) is 2.03. The molecule has 0 saturated carbocycles. The first-order chi connectivity index (χ1) is 11.7. The minimum atomic E-state index is 0.841. The van der Waals surface area contributed by atoms with Crippen LogP contribution in [0, 0.1) is 12.8 Å². The van der Waals surface area contributed by atoms with Crippen molar-refractivity contribution < 1.29 is 0 Å². The fourth-order valence-corrected chi connectivity index (χ4v) is 4.05. The van der Waals surface area contributed by atoms with E-state index in [1.165, 1.54) is 40.7 Å². The lowest BCUT2D eigenvalue weighted by atomic mass is 9.98. The number of hydrogen-bond acceptors (Lipinski definition) is 4. The molecule has 0 amide bonds. The Labute approximate surface area is 144 Å². The van der Waals surface area contributed by atoms with E-state index in [9.17, 15) is 0 Å². The third kappa shape index (κ3) is 2.84. The van der Waals surface area contributed by atoms with Crippen LogP contribution in [0.2, 0.25) is 0 Å². The van der Waals surface area contributed by atoms with Gasteiger partial charge in [0.15, 0.2) is 0 Å². The van der Waals surface area contributed by atoms with Gasteiger partial charge in [0.1, 0.15) is 5.82 Å². The smallest absolute Gasteiger partial charge is 0.136 e. The molecule has 0 atom stereocenters. The summed E-state index contributed by atoms with van der Waals surface area (Å²) in [6.45, 7) is 11.1. The lowest BCUT2D eigenvalue weighted by Crippen LogP contribution is -2.43. The fraction of sp³-hybridized carbons (Fsp3) is 0.550. The van der Waals surface area contributed by atoms with E-state index < -0.39 is 0 Å². The van der Waals surface area contributed by atoms with E-state index in [4.69, 9.17) is 4.98 Å². The first kappa shape index (κ1) is 15.7. The van der Waals surface area contributed by atoms with E-state index in [0.717, 1.165) is 45.2 Å². The zero-order valence-corrected chi connectivity index (χ0v) is 14.9. The van der Waals surface area contributed by atoms with Crippen LogP contribution in [0.4, 0.5) is 11.5 Å². The predicted octanol–water partition coefficient (Wildman–Crippen LogP) is 3.19. The van der Waals surface area contributed by atoms with Crippen LogP contribution in [0.3, 0.4) is 0 Å². The Kier molecular flexibility index (Phi) is 4.31. The van der Waals surface area contributed by atoms with E-state index >= 15 is 0 Å². The summed E-state index contributed by atoms with van der Waals surface area (Å²) < 4.78 is 0. The molecule has 3 heterocycles. The van der Waals surface area contributed by atoms with E-state index in [-0.39, 0.29) is 0 Å². The van der Waals surface area contributed by atoms with Crippen molar-refractivity contribution in [3.63, 3.8) is 0 Å². The molecule has 128 valence electrons. The van der Waals surface area contributed by atoms with Gasteiger partial charge in [-0.2, -0.15) is 0 Å².